The van der Waals surface area contributed by atoms with Crippen LogP contribution in [-0.2, 0) is 15.1 Å². The molecule has 0 radical (unpaired) electrons. The van der Waals surface area contributed by atoms with Crippen LogP contribution in [0.3, 0.4) is 0 Å². The highest BCUT2D eigenvalue weighted by atomic mass is 16.6. The van der Waals surface area contributed by atoms with Gasteiger partial charge in [0.1, 0.15) is 12.4 Å². The molecule has 0 N–H and O–H groups in total. The molecule has 0 aliphatic rings. The fourth-order valence-corrected chi connectivity index (χ4v) is 4.33. The number of hydrogen-bond donors (Lipinski definition) is 0. The molecular formula is C31H39NO3. The van der Waals surface area contributed by atoms with Gasteiger partial charge in [-0.15, -0.1) is 0 Å². The van der Waals surface area contributed by atoms with Crippen LogP contribution in [0, 0.1) is 5.41 Å². The second kappa shape index (κ2) is 11.5. The van der Waals surface area contributed by atoms with Gasteiger partial charge in [0.05, 0.1) is 5.41 Å². The van der Waals surface area contributed by atoms with E-state index in [0.717, 1.165) is 35.4 Å². The Kier molecular flexibility index (Phi) is 8.74. The number of rotatable bonds is 10. The minimum absolute atomic E-state index is 0.0853. The number of carbonyl (C=O) groups excluding carboxylic acids is 1. The SMILES string of the molecule is CCC(c1ccccc1)C(OC(=O)C(C)(C)C)(c1ccccc1)c1ccc(OCCN(C)C)cc1. The first-order chi connectivity index (χ1) is 16.7. The molecule has 0 fully saturated rings. The van der Waals surface area contributed by atoms with Gasteiger partial charge in [-0.1, -0.05) is 79.7 Å². The van der Waals surface area contributed by atoms with E-state index in [0.29, 0.717) is 6.61 Å². The van der Waals surface area contributed by atoms with Crippen LogP contribution in [0.5, 0.6) is 5.75 Å². The van der Waals surface area contributed by atoms with E-state index >= 15 is 0 Å². The molecule has 186 valence electrons. The average molecular weight is 474 g/mol. The van der Waals surface area contributed by atoms with Crippen molar-refractivity contribution >= 4 is 5.97 Å². The van der Waals surface area contributed by atoms with E-state index in [1.165, 1.54) is 0 Å². The lowest BCUT2D eigenvalue weighted by molar-refractivity contribution is -0.169. The summed E-state index contributed by atoms with van der Waals surface area (Å²) in [5.74, 6) is 0.479. The molecule has 35 heavy (non-hydrogen) atoms. The molecule has 3 aromatic rings. The van der Waals surface area contributed by atoms with E-state index in [2.05, 4.69) is 36.1 Å². The van der Waals surface area contributed by atoms with Gasteiger partial charge in [-0.2, -0.15) is 0 Å². The summed E-state index contributed by atoms with van der Waals surface area (Å²) >= 11 is 0. The van der Waals surface area contributed by atoms with Crippen LogP contribution >= 0.6 is 0 Å². The van der Waals surface area contributed by atoms with Gasteiger partial charge in [-0.05, 0) is 59.0 Å². The molecule has 2 unspecified atom stereocenters. The number of likely N-dealkylation sites (N-methyl/N-ethyl adjacent to an activating group) is 1. The summed E-state index contributed by atoms with van der Waals surface area (Å²) in [6.45, 7) is 9.29. The van der Waals surface area contributed by atoms with Crippen molar-refractivity contribution in [1.82, 2.24) is 4.90 Å². The third-order valence-electron chi connectivity index (χ3n) is 6.26. The zero-order valence-electron chi connectivity index (χ0n) is 22.0. The highest BCUT2D eigenvalue weighted by Gasteiger charge is 2.47. The van der Waals surface area contributed by atoms with Crippen LogP contribution in [-0.4, -0.2) is 38.1 Å². The zero-order chi connectivity index (χ0) is 25.5. The van der Waals surface area contributed by atoms with Gasteiger partial charge < -0.3 is 14.4 Å². The molecule has 0 aromatic heterocycles. The first-order valence-electron chi connectivity index (χ1n) is 12.4. The highest BCUT2D eigenvalue weighted by Crippen LogP contribution is 2.48. The van der Waals surface area contributed by atoms with Crippen molar-refractivity contribution < 1.29 is 14.3 Å². The summed E-state index contributed by atoms with van der Waals surface area (Å²) in [7, 11) is 4.05. The molecule has 4 heteroatoms. The minimum Gasteiger partial charge on any atom is -0.492 e. The van der Waals surface area contributed by atoms with E-state index < -0.39 is 11.0 Å². The van der Waals surface area contributed by atoms with Crippen molar-refractivity contribution in [2.24, 2.45) is 5.41 Å². The minimum atomic E-state index is -0.996. The van der Waals surface area contributed by atoms with Gasteiger partial charge in [0.2, 0.25) is 0 Å². The highest BCUT2D eigenvalue weighted by molar-refractivity contribution is 5.76. The Labute approximate surface area is 210 Å². The molecule has 2 atom stereocenters. The van der Waals surface area contributed by atoms with E-state index in [1.54, 1.807) is 0 Å². The average Bonchev–Trinajstić information content (AvgIpc) is 2.84. The summed E-state index contributed by atoms with van der Waals surface area (Å²) in [6, 6.07) is 28.5. The Morgan fingerprint density at radius 2 is 1.37 bits per heavy atom. The van der Waals surface area contributed by atoms with Crippen LogP contribution < -0.4 is 4.74 Å². The normalized spacial score (nSPS) is 14.3. The smallest absolute Gasteiger partial charge is 0.312 e. The van der Waals surface area contributed by atoms with Gasteiger partial charge in [0.15, 0.2) is 5.60 Å². The maximum absolute atomic E-state index is 13.5. The molecular weight excluding hydrogens is 434 g/mol. The molecule has 3 aromatic carbocycles. The number of nitrogens with zero attached hydrogens (tertiary/aromatic N) is 1. The predicted molar refractivity (Wildman–Crippen MR) is 143 cm³/mol. The number of carbonyl (C=O) groups is 1. The summed E-state index contributed by atoms with van der Waals surface area (Å²) in [4.78, 5) is 15.6. The molecule has 3 rings (SSSR count). The van der Waals surface area contributed by atoms with Crippen LogP contribution in [0.15, 0.2) is 84.9 Å². The van der Waals surface area contributed by atoms with Gasteiger partial charge >= 0.3 is 5.97 Å². The van der Waals surface area contributed by atoms with E-state index in [1.807, 2.05) is 95.5 Å². The summed E-state index contributed by atoms with van der Waals surface area (Å²) in [5, 5.41) is 0. The molecule has 0 spiro atoms. The first kappa shape index (κ1) is 26.5. The standard InChI is InChI=1S/C31H39NO3/c1-7-28(24-14-10-8-11-15-24)31(25-16-12-9-13-17-25,35-29(33)30(2,3)4)26-18-20-27(21-19-26)34-23-22-32(5)6/h8-21,28H,7,22-23H2,1-6H3. The van der Waals surface area contributed by atoms with E-state index in [4.69, 9.17) is 9.47 Å². The molecule has 0 bridgehead atoms. The molecule has 0 saturated heterocycles. The maximum atomic E-state index is 13.5. The molecule has 0 aliphatic heterocycles. The second-order valence-electron chi connectivity index (χ2n) is 10.3. The molecule has 0 saturated carbocycles. The van der Waals surface area contributed by atoms with Gasteiger partial charge in [0, 0.05) is 23.6 Å². The largest absolute Gasteiger partial charge is 0.492 e. The van der Waals surface area contributed by atoms with Crippen LogP contribution in [0.25, 0.3) is 0 Å². The van der Waals surface area contributed by atoms with Gasteiger partial charge in [-0.25, -0.2) is 0 Å². The number of ether oxygens (including phenoxy) is 2. The summed E-state index contributed by atoms with van der Waals surface area (Å²) in [5.41, 5.74) is 1.37. The Morgan fingerprint density at radius 1 is 0.829 bits per heavy atom. The lowest BCUT2D eigenvalue weighted by Gasteiger charge is -2.42. The van der Waals surface area contributed by atoms with Crippen molar-refractivity contribution in [2.75, 3.05) is 27.2 Å². The Morgan fingerprint density at radius 3 is 1.89 bits per heavy atom. The monoisotopic (exact) mass is 473 g/mol. The van der Waals surface area contributed by atoms with Crippen molar-refractivity contribution in [3.63, 3.8) is 0 Å². The number of benzene rings is 3. The van der Waals surface area contributed by atoms with Crippen molar-refractivity contribution in [2.45, 2.75) is 45.6 Å². The van der Waals surface area contributed by atoms with Crippen molar-refractivity contribution in [1.29, 1.82) is 0 Å². The first-order valence-corrected chi connectivity index (χ1v) is 12.4. The number of esters is 1. The summed E-state index contributed by atoms with van der Waals surface area (Å²) < 4.78 is 12.6. The third-order valence-corrected chi connectivity index (χ3v) is 6.26. The predicted octanol–water partition coefficient (Wildman–Crippen LogP) is 6.65. The van der Waals surface area contributed by atoms with Crippen molar-refractivity contribution in [3.05, 3.63) is 102 Å². The molecule has 0 aliphatic carbocycles. The Bertz CT molecular complexity index is 1060. The van der Waals surface area contributed by atoms with Crippen molar-refractivity contribution in [3.8, 4) is 5.75 Å². The quantitative estimate of drug-likeness (QED) is 0.309. The topological polar surface area (TPSA) is 38.8 Å². The van der Waals surface area contributed by atoms with E-state index in [-0.39, 0.29) is 11.9 Å². The number of hydrogen-bond acceptors (Lipinski definition) is 4. The van der Waals surface area contributed by atoms with Gasteiger partial charge in [-0.3, -0.25) is 4.79 Å². The van der Waals surface area contributed by atoms with Crippen LogP contribution in [0.1, 0.15) is 56.7 Å². The second-order valence-corrected chi connectivity index (χ2v) is 10.3. The zero-order valence-corrected chi connectivity index (χ0v) is 22.0. The Balaban J connectivity index is 2.18. The fourth-order valence-electron chi connectivity index (χ4n) is 4.33. The fraction of sp³-hybridized carbons (Fsp3) is 0.387. The molecule has 4 nitrogen and oxygen atoms in total. The van der Waals surface area contributed by atoms with Crippen LogP contribution in [0.4, 0.5) is 0 Å². The van der Waals surface area contributed by atoms with Crippen LogP contribution in [0.2, 0.25) is 0 Å². The van der Waals surface area contributed by atoms with Gasteiger partial charge in [0.25, 0.3) is 0 Å². The maximum Gasteiger partial charge on any atom is 0.312 e. The molecule has 0 heterocycles. The molecule has 0 amide bonds. The summed E-state index contributed by atoms with van der Waals surface area (Å²) in [6.07, 6.45) is 0.789. The lowest BCUT2D eigenvalue weighted by Crippen LogP contribution is -2.42. The van der Waals surface area contributed by atoms with E-state index in [9.17, 15) is 4.79 Å². The Hall–Kier alpha value is -3.11. The lowest BCUT2D eigenvalue weighted by atomic mass is 9.71. The third kappa shape index (κ3) is 6.32.